The number of esters is 1. The Hall–Kier alpha value is -0.420. The van der Waals surface area contributed by atoms with Crippen molar-refractivity contribution in [2.75, 3.05) is 30.1 Å². The summed E-state index contributed by atoms with van der Waals surface area (Å²) in [5.74, 6) is 4.07. The number of ether oxygens (including phenoxy) is 1. The highest BCUT2D eigenvalue weighted by atomic mass is 32.2. The van der Waals surface area contributed by atoms with Gasteiger partial charge in [-0.05, 0) is 33.1 Å². The first-order valence-corrected chi connectivity index (χ1v) is 12.6. The molecule has 2 spiro atoms. The van der Waals surface area contributed by atoms with Crippen molar-refractivity contribution in [3.05, 3.63) is 11.1 Å². The predicted molar refractivity (Wildman–Crippen MR) is 121 cm³/mol. The van der Waals surface area contributed by atoms with Gasteiger partial charge in [-0.3, -0.25) is 4.99 Å². The SMILES string of the molecule is COC(=O)C1=N[C@]23C(=C4C(C)(C)CSCC(C)(C)[C@]142)C(C)(C)CSCC3(C)C. The molecular formula is C23H35NO2S2. The molecule has 2 saturated heterocycles. The van der Waals surface area contributed by atoms with Gasteiger partial charge in [0.05, 0.1) is 12.5 Å². The van der Waals surface area contributed by atoms with Crippen LogP contribution in [0.2, 0.25) is 0 Å². The molecule has 5 heteroatoms. The number of thioether (sulfide) groups is 2. The second kappa shape index (κ2) is 5.63. The van der Waals surface area contributed by atoms with E-state index >= 15 is 0 Å². The molecule has 0 N–H and O–H groups in total. The summed E-state index contributed by atoms with van der Waals surface area (Å²) >= 11 is 4.08. The molecule has 0 radical (unpaired) electrons. The molecule has 3 nitrogen and oxygen atoms in total. The van der Waals surface area contributed by atoms with Crippen molar-refractivity contribution in [3.8, 4) is 0 Å². The number of dihydropyridines is 1. The molecule has 2 fully saturated rings. The van der Waals surface area contributed by atoms with Crippen molar-refractivity contribution in [2.24, 2.45) is 32.1 Å². The van der Waals surface area contributed by atoms with Crippen LogP contribution in [0.3, 0.4) is 0 Å². The Morgan fingerprint density at radius 2 is 1.32 bits per heavy atom. The molecule has 0 aromatic rings. The molecule has 0 unspecified atom stereocenters. The third-order valence-electron chi connectivity index (χ3n) is 7.74. The monoisotopic (exact) mass is 421 g/mol. The van der Waals surface area contributed by atoms with Gasteiger partial charge in [-0.15, -0.1) is 0 Å². The lowest BCUT2D eigenvalue weighted by Crippen LogP contribution is -2.83. The fourth-order valence-corrected chi connectivity index (χ4v) is 9.86. The zero-order valence-electron chi connectivity index (χ0n) is 18.9. The fourth-order valence-electron chi connectivity index (χ4n) is 6.90. The maximum atomic E-state index is 13.0. The van der Waals surface area contributed by atoms with Gasteiger partial charge < -0.3 is 4.74 Å². The van der Waals surface area contributed by atoms with Crippen molar-refractivity contribution in [2.45, 2.75) is 60.9 Å². The average Bonchev–Trinajstić information content (AvgIpc) is 2.65. The van der Waals surface area contributed by atoms with Crippen LogP contribution < -0.4 is 0 Å². The van der Waals surface area contributed by atoms with Gasteiger partial charge >= 0.3 is 5.97 Å². The minimum Gasteiger partial charge on any atom is -0.465 e. The quantitative estimate of drug-likeness (QED) is 0.428. The van der Waals surface area contributed by atoms with Crippen LogP contribution in [-0.4, -0.2) is 47.3 Å². The van der Waals surface area contributed by atoms with Gasteiger partial charge in [0, 0.05) is 22.7 Å². The highest BCUT2D eigenvalue weighted by Gasteiger charge is 2.85. The second-order valence-corrected chi connectivity index (χ2v) is 13.7. The van der Waals surface area contributed by atoms with Gasteiger partial charge in [-0.25, -0.2) is 4.79 Å². The van der Waals surface area contributed by atoms with Crippen molar-refractivity contribution < 1.29 is 9.53 Å². The molecule has 1 aliphatic carbocycles. The normalized spacial score (nSPS) is 39.0. The Labute approximate surface area is 178 Å². The van der Waals surface area contributed by atoms with E-state index in [9.17, 15) is 4.79 Å². The average molecular weight is 422 g/mol. The molecule has 3 aliphatic heterocycles. The zero-order valence-corrected chi connectivity index (χ0v) is 20.5. The highest BCUT2D eigenvalue weighted by Crippen LogP contribution is 2.82. The Kier molecular flexibility index (Phi) is 4.19. The predicted octanol–water partition coefficient (Wildman–Crippen LogP) is 5.25. The number of aliphatic imine (C=N–C) groups is 1. The first-order chi connectivity index (χ1) is 12.7. The van der Waals surface area contributed by atoms with Crippen LogP contribution in [0.25, 0.3) is 0 Å². The number of hydrogen-bond donors (Lipinski definition) is 0. The number of nitrogens with zero attached hydrogens (tertiary/aromatic N) is 1. The van der Waals surface area contributed by atoms with E-state index in [-0.39, 0.29) is 38.6 Å². The number of hydrogen-bond acceptors (Lipinski definition) is 5. The van der Waals surface area contributed by atoms with Gasteiger partial charge in [0.2, 0.25) is 0 Å². The first-order valence-electron chi connectivity index (χ1n) is 10.3. The third kappa shape index (κ3) is 2.01. The van der Waals surface area contributed by atoms with Crippen LogP contribution in [0.5, 0.6) is 0 Å². The molecule has 156 valence electrons. The zero-order chi connectivity index (χ0) is 21.0. The molecule has 4 rings (SSSR count). The third-order valence-corrected chi connectivity index (χ3v) is 11.4. The summed E-state index contributed by atoms with van der Waals surface area (Å²) in [6.45, 7) is 19.0. The highest BCUT2D eigenvalue weighted by molar-refractivity contribution is 7.99. The van der Waals surface area contributed by atoms with Crippen molar-refractivity contribution in [1.82, 2.24) is 0 Å². The maximum absolute atomic E-state index is 13.0. The number of methoxy groups -OCH3 is 1. The first kappa shape index (κ1) is 20.8. The van der Waals surface area contributed by atoms with Crippen LogP contribution in [0.4, 0.5) is 0 Å². The van der Waals surface area contributed by atoms with Gasteiger partial charge in [-0.2, -0.15) is 23.5 Å². The van der Waals surface area contributed by atoms with E-state index < -0.39 is 0 Å². The Balaban J connectivity index is 2.15. The van der Waals surface area contributed by atoms with E-state index in [1.165, 1.54) is 18.3 Å². The summed E-state index contributed by atoms with van der Waals surface area (Å²) in [6.07, 6.45) is 0. The van der Waals surface area contributed by atoms with E-state index in [4.69, 9.17) is 9.73 Å². The van der Waals surface area contributed by atoms with Gasteiger partial charge in [0.15, 0.2) is 0 Å². The molecular weight excluding hydrogens is 386 g/mol. The number of carbonyl (C=O) groups is 1. The van der Waals surface area contributed by atoms with Crippen molar-refractivity contribution in [3.63, 3.8) is 0 Å². The molecule has 0 aromatic carbocycles. The molecule has 4 aliphatic rings. The Morgan fingerprint density at radius 1 is 0.821 bits per heavy atom. The van der Waals surface area contributed by atoms with Crippen molar-refractivity contribution in [1.29, 1.82) is 0 Å². The van der Waals surface area contributed by atoms with Crippen LogP contribution >= 0.6 is 23.5 Å². The maximum Gasteiger partial charge on any atom is 0.353 e. The summed E-state index contributed by atoms with van der Waals surface area (Å²) < 4.78 is 5.28. The molecule has 0 amide bonds. The summed E-state index contributed by atoms with van der Waals surface area (Å²) in [7, 11) is 1.50. The molecule has 0 saturated carbocycles. The van der Waals surface area contributed by atoms with Gasteiger partial charge in [0.25, 0.3) is 0 Å². The number of rotatable bonds is 1. The fraction of sp³-hybridized carbons (Fsp3) is 0.826. The molecule has 0 bridgehead atoms. The van der Waals surface area contributed by atoms with Crippen LogP contribution in [-0.2, 0) is 9.53 Å². The van der Waals surface area contributed by atoms with E-state index in [2.05, 4.69) is 55.4 Å². The van der Waals surface area contributed by atoms with Gasteiger partial charge in [-0.1, -0.05) is 55.4 Å². The molecule has 2 atom stereocenters. The summed E-state index contributed by atoms with van der Waals surface area (Å²) in [4.78, 5) is 18.2. The minimum absolute atomic E-state index is 0.00977. The second-order valence-electron chi connectivity index (χ2n) is 11.7. The lowest BCUT2D eigenvalue weighted by atomic mass is 9.28. The summed E-state index contributed by atoms with van der Waals surface area (Å²) in [5.41, 5.74) is 3.15. The van der Waals surface area contributed by atoms with E-state index in [1.54, 1.807) is 0 Å². The minimum atomic E-state index is -0.318. The topological polar surface area (TPSA) is 38.7 Å². The standard InChI is InChI=1S/C23H35NO2S2/c1-18(2)10-27-12-20(5,6)22-14(18)15-19(3,4)11-28-13-21(7,8)23(15,22)24-16(22)17(25)26-9/h10-13H2,1-9H3/t22-,23+/m1/s1. The summed E-state index contributed by atoms with van der Waals surface area (Å²) in [5, 5.41) is 0. The van der Waals surface area contributed by atoms with Gasteiger partial charge in [0.1, 0.15) is 11.3 Å². The van der Waals surface area contributed by atoms with Crippen LogP contribution in [0.1, 0.15) is 55.4 Å². The largest absolute Gasteiger partial charge is 0.465 e. The molecule has 28 heavy (non-hydrogen) atoms. The lowest BCUT2D eigenvalue weighted by Gasteiger charge is -2.77. The Morgan fingerprint density at radius 3 is 1.86 bits per heavy atom. The van der Waals surface area contributed by atoms with Crippen LogP contribution in [0.15, 0.2) is 16.1 Å². The smallest absolute Gasteiger partial charge is 0.353 e. The van der Waals surface area contributed by atoms with E-state index in [0.29, 0.717) is 5.71 Å². The number of carbonyl (C=O) groups excluding carboxylic acids is 1. The van der Waals surface area contributed by atoms with Crippen molar-refractivity contribution >= 4 is 35.2 Å². The molecule has 0 aromatic heterocycles. The summed E-state index contributed by atoms with van der Waals surface area (Å²) in [6, 6.07) is 0. The van der Waals surface area contributed by atoms with E-state index in [1.807, 2.05) is 23.5 Å². The Bertz CT molecular complexity index is 820. The lowest BCUT2D eigenvalue weighted by molar-refractivity contribution is -0.137. The van der Waals surface area contributed by atoms with E-state index in [0.717, 1.165) is 23.0 Å². The van der Waals surface area contributed by atoms with Crippen LogP contribution in [0, 0.1) is 27.1 Å². The molecule has 3 heterocycles.